The molecule has 0 aliphatic heterocycles. The van der Waals surface area contributed by atoms with E-state index in [0.29, 0.717) is 27.9 Å². The van der Waals surface area contributed by atoms with Gasteiger partial charge in [-0.1, -0.05) is 48.5 Å². The van der Waals surface area contributed by atoms with Crippen LogP contribution in [0.1, 0.15) is 48.0 Å². The van der Waals surface area contributed by atoms with Crippen molar-refractivity contribution in [2.45, 2.75) is 58.5 Å². The highest BCUT2D eigenvalue weighted by molar-refractivity contribution is 5.80. The average molecular weight is 700 g/mol. The predicted molar refractivity (Wildman–Crippen MR) is 184 cm³/mol. The lowest BCUT2D eigenvalue weighted by Gasteiger charge is -2.24. The van der Waals surface area contributed by atoms with Crippen molar-refractivity contribution in [2.24, 2.45) is 0 Å². The molecule has 6 rings (SSSR count). The molecule has 0 atom stereocenters. The van der Waals surface area contributed by atoms with E-state index in [9.17, 15) is 31.5 Å². The molecule has 0 saturated heterocycles. The largest absolute Gasteiger partial charge is 0.416 e. The molecule has 0 saturated carbocycles. The third-order valence-corrected chi connectivity index (χ3v) is 8.76. The number of benzene rings is 3. The van der Waals surface area contributed by atoms with Crippen LogP contribution in [-0.4, -0.2) is 29.9 Å². The minimum atomic E-state index is -4.43. The molecule has 3 heterocycles. The molecular formula is C39H34F5N5O2. The minimum absolute atomic E-state index is 0.0806. The van der Waals surface area contributed by atoms with Gasteiger partial charge in [-0.15, -0.1) is 0 Å². The van der Waals surface area contributed by atoms with E-state index >= 15 is 0 Å². The van der Waals surface area contributed by atoms with Crippen molar-refractivity contribution in [1.29, 1.82) is 0 Å². The summed E-state index contributed by atoms with van der Waals surface area (Å²) in [7, 11) is 0. The minimum Gasteiger partial charge on any atom is -0.335 e. The summed E-state index contributed by atoms with van der Waals surface area (Å²) in [6, 6.07) is 20.9. The molecule has 0 spiro atoms. The van der Waals surface area contributed by atoms with Crippen molar-refractivity contribution in [3.63, 3.8) is 0 Å². The lowest BCUT2D eigenvalue weighted by molar-refractivity contribution is -0.137. The number of pyridine rings is 2. The molecule has 12 heteroatoms. The second-order valence-electron chi connectivity index (χ2n) is 12.6. The Morgan fingerprint density at radius 2 is 1.57 bits per heavy atom. The number of aromatic nitrogens is 4. The van der Waals surface area contributed by atoms with E-state index in [2.05, 4.69) is 9.97 Å². The van der Waals surface area contributed by atoms with Crippen molar-refractivity contribution >= 4 is 16.9 Å². The monoisotopic (exact) mass is 699 g/mol. The number of aryl methyl sites for hydroxylation is 2. The average Bonchev–Trinajstić information content (AvgIpc) is 3.59. The second-order valence-corrected chi connectivity index (χ2v) is 12.6. The molecular weight excluding hydrogens is 665 g/mol. The van der Waals surface area contributed by atoms with Gasteiger partial charge >= 0.3 is 6.18 Å². The first-order valence-electron chi connectivity index (χ1n) is 16.3. The maximum atomic E-state index is 14.5. The molecule has 3 aromatic carbocycles. The van der Waals surface area contributed by atoms with Crippen LogP contribution >= 0.6 is 0 Å². The lowest BCUT2D eigenvalue weighted by Crippen LogP contribution is -2.34. The fourth-order valence-corrected chi connectivity index (χ4v) is 5.92. The summed E-state index contributed by atoms with van der Waals surface area (Å²) in [6.45, 7) is 4.16. The van der Waals surface area contributed by atoms with Crippen LogP contribution in [0.15, 0.2) is 108 Å². The summed E-state index contributed by atoms with van der Waals surface area (Å²) in [4.78, 5) is 37.9. The molecule has 0 bridgehead atoms. The number of halogens is 5. The van der Waals surface area contributed by atoms with Gasteiger partial charge in [0.2, 0.25) is 5.91 Å². The molecule has 6 aromatic rings. The molecule has 7 nitrogen and oxygen atoms in total. The number of fused-ring (bicyclic) bond motifs is 1. The summed E-state index contributed by atoms with van der Waals surface area (Å²) in [6.07, 6.45) is 0.878. The third-order valence-electron chi connectivity index (χ3n) is 8.76. The molecule has 0 radical (unpaired) electrons. The number of hydrogen-bond acceptors (Lipinski definition) is 4. The van der Waals surface area contributed by atoms with Crippen molar-refractivity contribution in [1.82, 2.24) is 24.0 Å². The van der Waals surface area contributed by atoms with E-state index in [1.54, 1.807) is 40.1 Å². The Bertz CT molecular complexity index is 2230. The standard InChI is InChI=1S/C39H34F5N5O2/c1-25(2)48-22-31(46-24-48)21-47(20-26-8-10-27(11-9-26)28-12-15-30(16-13-28)39(42,43)44)36(51)23-49-32(17-14-29-5-3-7-34(40)37(29)41)19-35(50)33-6-4-18-45-38(33)49/h3-13,15-16,18-19,22,24-25H,14,17,20-21,23H2,1-2H3. The number of carbonyl (C=O) groups excluding carboxylic acids is 1. The van der Waals surface area contributed by atoms with Crippen LogP contribution in [0.5, 0.6) is 0 Å². The van der Waals surface area contributed by atoms with Crippen LogP contribution in [0.3, 0.4) is 0 Å². The highest BCUT2D eigenvalue weighted by Crippen LogP contribution is 2.31. The van der Waals surface area contributed by atoms with Gasteiger partial charge in [0.25, 0.3) is 0 Å². The number of hydrogen-bond donors (Lipinski definition) is 0. The van der Waals surface area contributed by atoms with Crippen LogP contribution in [0.4, 0.5) is 22.0 Å². The Kier molecular flexibility index (Phi) is 10.1. The van der Waals surface area contributed by atoms with Gasteiger partial charge in [-0.3, -0.25) is 9.59 Å². The normalized spacial score (nSPS) is 11.8. The first-order valence-corrected chi connectivity index (χ1v) is 16.3. The number of amides is 1. The van der Waals surface area contributed by atoms with Gasteiger partial charge in [-0.2, -0.15) is 13.2 Å². The number of imidazole rings is 1. The number of rotatable bonds is 11. The van der Waals surface area contributed by atoms with Crippen LogP contribution in [-0.2, 0) is 43.4 Å². The SMILES string of the molecule is CC(C)n1cnc(CN(Cc2ccc(-c3ccc(C(F)(F)F)cc3)cc2)C(=O)Cn2c(CCc3cccc(F)c3F)cc(=O)c3cccnc32)c1. The van der Waals surface area contributed by atoms with Crippen LogP contribution in [0, 0.1) is 11.6 Å². The van der Waals surface area contributed by atoms with Gasteiger partial charge in [0.1, 0.15) is 12.2 Å². The highest BCUT2D eigenvalue weighted by atomic mass is 19.4. The van der Waals surface area contributed by atoms with E-state index in [-0.39, 0.29) is 61.1 Å². The Labute approximate surface area is 290 Å². The van der Waals surface area contributed by atoms with E-state index in [0.717, 1.165) is 23.8 Å². The summed E-state index contributed by atoms with van der Waals surface area (Å²) in [5.41, 5.74) is 2.59. The van der Waals surface area contributed by atoms with Crippen LogP contribution in [0.25, 0.3) is 22.2 Å². The van der Waals surface area contributed by atoms with Crippen molar-refractivity contribution in [3.8, 4) is 11.1 Å². The number of carbonyl (C=O) groups is 1. The molecule has 0 fully saturated rings. The summed E-state index contributed by atoms with van der Waals surface area (Å²) in [5.74, 6) is -2.24. The molecule has 0 N–H and O–H groups in total. The second kappa shape index (κ2) is 14.7. The predicted octanol–water partition coefficient (Wildman–Crippen LogP) is 8.15. The Hall–Kier alpha value is -5.65. The molecule has 262 valence electrons. The zero-order valence-corrected chi connectivity index (χ0v) is 27.9. The Morgan fingerprint density at radius 3 is 2.24 bits per heavy atom. The van der Waals surface area contributed by atoms with Gasteiger partial charge in [0.05, 0.1) is 29.5 Å². The topological polar surface area (TPSA) is 73.0 Å². The molecule has 0 aliphatic rings. The van der Waals surface area contributed by atoms with Gasteiger partial charge in [0, 0.05) is 36.7 Å². The summed E-state index contributed by atoms with van der Waals surface area (Å²) in [5, 5.41) is 0.312. The molecule has 1 amide bonds. The fraction of sp³-hybridized carbons (Fsp3) is 0.231. The van der Waals surface area contributed by atoms with Crippen molar-refractivity contribution in [3.05, 3.63) is 154 Å². The first kappa shape index (κ1) is 35.2. The van der Waals surface area contributed by atoms with E-state index < -0.39 is 23.4 Å². The third kappa shape index (κ3) is 8.06. The zero-order chi connectivity index (χ0) is 36.3. The molecule has 0 aliphatic carbocycles. The van der Waals surface area contributed by atoms with Crippen LogP contribution in [0.2, 0.25) is 0 Å². The van der Waals surface area contributed by atoms with Gasteiger partial charge < -0.3 is 14.0 Å². The summed E-state index contributed by atoms with van der Waals surface area (Å²) >= 11 is 0. The molecule has 3 aromatic heterocycles. The van der Waals surface area contributed by atoms with E-state index in [4.69, 9.17) is 0 Å². The van der Waals surface area contributed by atoms with E-state index in [1.165, 1.54) is 36.5 Å². The van der Waals surface area contributed by atoms with Crippen LogP contribution < -0.4 is 5.43 Å². The Balaban J connectivity index is 1.30. The Morgan fingerprint density at radius 1 is 0.863 bits per heavy atom. The lowest BCUT2D eigenvalue weighted by atomic mass is 10.0. The highest BCUT2D eigenvalue weighted by Gasteiger charge is 2.30. The van der Waals surface area contributed by atoms with Gasteiger partial charge in [-0.25, -0.2) is 18.7 Å². The van der Waals surface area contributed by atoms with Crippen molar-refractivity contribution < 1.29 is 26.7 Å². The number of nitrogens with zero attached hydrogens (tertiary/aromatic N) is 5. The quantitative estimate of drug-likeness (QED) is 0.128. The molecule has 0 unspecified atom stereocenters. The van der Waals surface area contributed by atoms with Crippen molar-refractivity contribution in [2.75, 3.05) is 0 Å². The zero-order valence-electron chi connectivity index (χ0n) is 27.9. The fourth-order valence-electron chi connectivity index (χ4n) is 5.92. The first-order chi connectivity index (χ1) is 24.4. The number of alkyl halides is 3. The summed E-state index contributed by atoms with van der Waals surface area (Å²) < 4.78 is 71.3. The van der Waals surface area contributed by atoms with Gasteiger partial charge in [0.15, 0.2) is 17.1 Å². The van der Waals surface area contributed by atoms with Gasteiger partial charge in [-0.05, 0) is 79.3 Å². The van der Waals surface area contributed by atoms with E-state index in [1.807, 2.05) is 36.7 Å². The maximum Gasteiger partial charge on any atom is 0.416 e. The smallest absolute Gasteiger partial charge is 0.335 e. The maximum absolute atomic E-state index is 14.5. The molecule has 51 heavy (non-hydrogen) atoms.